The lowest BCUT2D eigenvalue weighted by molar-refractivity contribution is 0.803. The fourth-order valence-corrected chi connectivity index (χ4v) is 3.23. The summed E-state index contributed by atoms with van der Waals surface area (Å²) in [5.74, 6) is 0.911. The average Bonchev–Trinajstić information content (AvgIpc) is 2.41. The van der Waals surface area contributed by atoms with Gasteiger partial charge in [0.05, 0.1) is 0 Å². The second kappa shape index (κ2) is 7.20. The van der Waals surface area contributed by atoms with Crippen LogP contribution in [0.25, 0.3) is 0 Å². The number of hydrogen-bond acceptors (Lipinski definition) is 2. The summed E-state index contributed by atoms with van der Waals surface area (Å²) in [6.45, 7) is 0.780. The maximum atomic E-state index is 6.24. The van der Waals surface area contributed by atoms with Crippen molar-refractivity contribution in [1.82, 2.24) is 5.32 Å². The van der Waals surface area contributed by atoms with Crippen LogP contribution in [-0.2, 0) is 12.3 Å². The number of nitrogens with one attached hydrogen (secondary N) is 1. The molecule has 2 aromatic rings. The Morgan fingerprint density at radius 1 is 1.05 bits per heavy atom. The van der Waals surface area contributed by atoms with Gasteiger partial charge in [-0.15, -0.1) is 11.8 Å². The SMILES string of the molecule is CNCc1c(Cl)cccc1SCc1ccc(Cl)cc1. The summed E-state index contributed by atoms with van der Waals surface area (Å²) in [6, 6.07) is 14.0. The molecule has 2 rings (SSSR count). The molecule has 0 unspecified atom stereocenters. The lowest BCUT2D eigenvalue weighted by Gasteiger charge is -2.10. The zero-order valence-corrected chi connectivity index (χ0v) is 12.9. The van der Waals surface area contributed by atoms with Crippen molar-refractivity contribution in [1.29, 1.82) is 0 Å². The largest absolute Gasteiger partial charge is 0.316 e. The maximum absolute atomic E-state index is 6.24. The standard InChI is InChI=1S/C15H15Cl2NS/c1-18-9-13-14(17)3-2-4-15(13)19-10-11-5-7-12(16)8-6-11/h2-8,18H,9-10H2,1H3. The minimum absolute atomic E-state index is 0.771. The molecule has 4 heteroatoms. The molecule has 19 heavy (non-hydrogen) atoms. The van der Waals surface area contributed by atoms with E-state index in [2.05, 4.69) is 23.5 Å². The second-order valence-corrected chi connectivity index (χ2v) is 6.02. The average molecular weight is 312 g/mol. The van der Waals surface area contributed by atoms with E-state index >= 15 is 0 Å². The first-order valence-corrected chi connectivity index (χ1v) is 7.74. The van der Waals surface area contributed by atoms with Crippen LogP contribution in [0.4, 0.5) is 0 Å². The molecule has 0 saturated heterocycles. The molecule has 0 amide bonds. The Morgan fingerprint density at radius 2 is 1.79 bits per heavy atom. The molecule has 0 atom stereocenters. The lowest BCUT2D eigenvalue weighted by atomic mass is 10.2. The highest BCUT2D eigenvalue weighted by Crippen LogP contribution is 2.30. The Labute approximate surface area is 128 Å². The molecule has 1 nitrogen and oxygen atoms in total. The van der Waals surface area contributed by atoms with Crippen LogP contribution in [0.3, 0.4) is 0 Å². The number of hydrogen-bond donors (Lipinski definition) is 1. The molecule has 0 aliphatic heterocycles. The third-order valence-electron chi connectivity index (χ3n) is 2.74. The molecule has 2 aromatic carbocycles. The molecule has 0 aromatic heterocycles. The van der Waals surface area contributed by atoms with E-state index in [9.17, 15) is 0 Å². The topological polar surface area (TPSA) is 12.0 Å². The molecule has 100 valence electrons. The third-order valence-corrected chi connectivity index (χ3v) is 4.51. The van der Waals surface area contributed by atoms with E-state index < -0.39 is 0 Å². The predicted molar refractivity (Wildman–Crippen MR) is 85.2 cm³/mol. The first-order chi connectivity index (χ1) is 9.20. The van der Waals surface area contributed by atoms with Gasteiger partial charge < -0.3 is 5.32 Å². The van der Waals surface area contributed by atoms with Gasteiger partial charge in [-0.05, 0) is 42.4 Å². The van der Waals surface area contributed by atoms with Crippen LogP contribution in [0.15, 0.2) is 47.4 Å². The van der Waals surface area contributed by atoms with Gasteiger partial charge in [-0.25, -0.2) is 0 Å². The van der Waals surface area contributed by atoms with Crippen molar-refractivity contribution in [2.45, 2.75) is 17.2 Å². The van der Waals surface area contributed by atoms with Crippen molar-refractivity contribution < 1.29 is 0 Å². The normalized spacial score (nSPS) is 10.7. The number of rotatable bonds is 5. The molecule has 0 saturated carbocycles. The summed E-state index contributed by atoms with van der Waals surface area (Å²) in [5.41, 5.74) is 2.41. The van der Waals surface area contributed by atoms with E-state index in [1.54, 1.807) is 11.8 Å². The van der Waals surface area contributed by atoms with Crippen LogP contribution in [0.2, 0.25) is 10.0 Å². The Balaban J connectivity index is 2.10. The number of halogens is 2. The molecule has 0 radical (unpaired) electrons. The zero-order chi connectivity index (χ0) is 13.7. The van der Waals surface area contributed by atoms with Gasteiger partial charge in [-0.1, -0.05) is 41.4 Å². The van der Waals surface area contributed by atoms with E-state index in [1.165, 1.54) is 10.5 Å². The summed E-state index contributed by atoms with van der Waals surface area (Å²) in [5, 5.41) is 4.74. The highest BCUT2D eigenvalue weighted by Gasteiger charge is 2.07. The quantitative estimate of drug-likeness (QED) is 0.779. The summed E-state index contributed by atoms with van der Waals surface area (Å²) in [7, 11) is 1.93. The Morgan fingerprint density at radius 3 is 2.47 bits per heavy atom. The highest BCUT2D eigenvalue weighted by molar-refractivity contribution is 7.98. The monoisotopic (exact) mass is 311 g/mol. The molecule has 1 N–H and O–H groups in total. The van der Waals surface area contributed by atoms with Gasteiger partial charge in [0.1, 0.15) is 0 Å². The third kappa shape index (κ3) is 4.15. The first-order valence-electron chi connectivity index (χ1n) is 6.00. The van der Waals surface area contributed by atoms with Crippen LogP contribution >= 0.6 is 35.0 Å². The fourth-order valence-electron chi connectivity index (χ4n) is 1.76. The van der Waals surface area contributed by atoms with Crippen LogP contribution in [0.1, 0.15) is 11.1 Å². The van der Waals surface area contributed by atoms with Crippen molar-refractivity contribution in [2.24, 2.45) is 0 Å². The number of benzene rings is 2. The van der Waals surface area contributed by atoms with Crippen molar-refractivity contribution in [3.63, 3.8) is 0 Å². The van der Waals surface area contributed by atoms with E-state index in [0.717, 1.165) is 27.9 Å². The molecule has 0 spiro atoms. The van der Waals surface area contributed by atoms with Gasteiger partial charge in [0.25, 0.3) is 0 Å². The minimum atomic E-state index is 0.771. The van der Waals surface area contributed by atoms with Gasteiger partial charge >= 0.3 is 0 Å². The van der Waals surface area contributed by atoms with Gasteiger partial charge in [0.2, 0.25) is 0 Å². The summed E-state index contributed by atoms with van der Waals surface area (Å²) in [4.78, 5) is 1.22. The summed E-state index contributed by atoms with van der Waals surface area (Å²) >= 11 is 13.9. The van der Waals surface area contributed by atoms with E-state index in [1.807, 2.05) is 31.3 Å². The Hall–Kier alpha value is -0.670. The zero-order valence-electron chi connectivity index (χ0n) is 10.6. The van der Waals surface area contributed by atoms with E-state index in [-0.39, 0.29) is 0 Å². The van der Waals surface area contributed by atoms with Crippen LogP contribution in [0, 0.1) is 0 Å². The molecule has 0 aliphatic rings. The molecule has 0 bridgehead atoms. The van der Waals surface area contributed by atoms with Crippen molar-refractivity contribution in [3.8, 4) is 0 Å². The van der Waals surface area contributed by atoms with Crippen molar-refractivity contribution >= 4 is 35.0 Å². The smallest absolute Gasteiger partial charge is 0.0462 e. The van der Waals surface area contributed by atoms with Gasteiger partial charge in [0.15, 0.2) is 0 Å². The summed E-state index contributed by atoms with van der Waals surface area (Å²) < 4.78 is 0. The van der Waals surface area contributed by atoms with Gasteiger partial charge in [-0.3, -0.25) is 0 Å². The highest BCUT2D eigenvalue weighted by atomic mass is 35.5. The second-order valence-electron chi connectivity index (χ2n) is 4.16. The van der Waals surface area contributed by atoms with E-state index in [4.69, 9.17) is 23.2 Å². The molecule has 0 fully saturated rings. The van der Waals surface area contributed by atoms with Gasteiger partial charge in [-0.2, -0.15) is 0 Å². The molecular formula is C15H15Cl2NS. The lowest BCUT2D eigenvalue weighted by Crippen LogP contribution is -2.06. The molecule has 0 aliphatic carbocycles. The Bertz CT molecular complexity index is 540. The predicted octanol–water partition coefficient (Wildman–Crippen LogP) is 5.01. The van der Waals surface area contributed by atoms with Crippen LogP contribution in [0.5, 0.6) is 0 Å². The molecule has 0 heterocycles. The van der Waals surface area contributed by atoms with Crippen LogP contribution < -0.4 is 5.32 Å². The molecular weight excluding hydrogens is 297 g/mol. The van der Waals surface area contributed by atoms with Gasteiger partial charge in [0, 0.05) is 27.2 Å². The fraction of sp³-hybridized carbons (Fsp3) is 0.200. The maximum Gasteiger partial charge on any atom is 0.0462 e. The van der Waals surface area contributed by atoms with Crippen molar-refractivity contribution in [2.75, 3.05) is 7.05 Å². The van der Waals surface area contributed by atoms with Crippen LogP contribution in [-0.4, -0.2) is 7.05 Å². The van der Waals surface area contributed by atoms with Crippen molar-refractivity contribution in [3.05, 3.63) is 63.6 Å². The number of thioether (sulfide) groups is 1. The summed E-state index contributed by atoms with van der Waals surface area (Å²) in [6.07, 6.45) is 0. The Kier molecular flexibility index (Phi) is 5.59. The first kappa shape index (κ1) is 14.7. The minimum Gasteiger partial charge on any atom is -0.316 e. The van der Waals surface area contributed by atoms with E-state index in [0.29, 0.717) is 0 Å².